The molecule has 19 heavy (non-hydrogen) atoms. The lowest BCUT2D eigenvalue weighted by Gasteiger charge is -2.17. The molecule has 0 spiro atoms. The number of carbonyl (C=O) groups is 1. The van der Waals surface area contributed by atoms with E-state index in [1.165, 1.54) is 18.2 Å². The highest BCUT2D eigenvalue weighted by Crippen LogP contribution is 2.28. The Labute approximate surface area is 109 Å². The molecule has 0 aromatic heterocycles. The summed E-state index contributed by atoms with van der Waals surface area (Å²) in [6.07, 6.45) is 0.783. The number of ether oxygens (including phenoxy) is 1. The van der Waals surface area contributed by atoms with Gasteiger partial charge in [0.25, 0.3) is 5.69 Å². The summed E-state index contributed by atoms with van der Waals surface area (Å²) in [7, 11) is 0. The Hall–Kier alpha value is -2.15. The summed E-state index contributed by atoms with van der Waals surface area (Å²) in [5.74, 6) is -0.688. The van der Waals surface area contributed by atoms with Gasteiger partial charge in [-0.3, -0.25) is 14.9 Å². The fourth-order valence-electron chi connectivity index (χ4n) is 2.08. The molecule has 2 unspecified atom stereocenters. The van der Waals surface area contributed by atoms with Crippen molar-refractivity contribution in [3.8, 4) is 0 Å². The van der Waals surface area contributed by atoms with Crippen LogP contribution in [0.1, 0.15) is 23.7 Å². The van der Waals surface area contributed by atoms with E-state index in [-0.39, 0.29) is 23.4 Å². The first kappa shape index (κ1) is 13.3. The number of benzene rings is 1. The van der Waals surface area contributed by atoms with Crippen LogP contribution in [-0.2, 0) is 4.74 Å². The fourth-order valence-corrected chi connectivity index (χ4v) is 2.08. The molecule has 7 nitrogen and oxygen atoms in total. The maximum atomic E-state index is 11.0. The van der Waals surface area contributed by atoms with Gasteiger partial charge in [-0.2, -0.15) is 0 Å². The van der Waals surface area contributed by atoms with Crippen LogP contribution in [0.5, 0.6) is 0 Å². The second-order valence-electron chi connectivity index (χ2n) is 4.47. The molecule has 102 valence electrons. The third-order valence-electron chi connectivity index (χ3n) is 3.20. The van der Waals surface area contributed by atoms with Crippen LogP contribution in [0.3, 0.4) is 0 Å². The molecule has 1 amide bonds. The number of nitro benzene ring substituents is 1. The van der Waals surface area contributed by atoms with Gasteiger partial charge >= 0.3 is 0 Å². The molecule has 0 saturated carbocycles. The van der Waals surface area contributed by atoms with Gasteiger partial charge in [0.1, 0.15) is 5.69 Å². The van der Waals surface area contributed by atoms with Crippen LogP contribution >= 0.6 is 0 Å². The molecule has 2 rings (SSSR count). The molecule has 1 aromatic rings. The predicted octanol–water partition coefficient (Wildman–Crippen LogP) is 1.28. The second kappa shape index (κ2) is 5.23. The lowest BCUT2D eigenvalue weighted by atomic mass is 10.1. The number of nitro groups is 1. The van der Waals surface area contributed by atoms with Gasteiger partial charge in [-0.1, -0.05) is 0 Å². The Morgan fingerprint density at radius 3 is 2.84 bits per heavy atom. The van der Waals surface area contributed by atoms with Gasteiger partial charge < -0.3 is 15.8 Å². The van der Waals surface area contributed by atoms with Crippen LogP contribution in [0, 0.1) is 10.1 Å². The van der Waals surface area contributed by atoms with Gasteiger partial charge in [0.2, 0.25) is 5.91 Å². The zero-order chi connectivity index (χ0) is 14.0. The van der Waals surface area contributed by atoms with Gasteiger partial charge in [0.15, 0.2) is 0 Å². The van der Waals surface area contributed by atoms with Gasteiger partial charge in [-0.05, 0) is 25.5 Å². The Morgan fingerprint density at radius 1 is 1.58 bits per heavy atom. The summed E-state index contributed by atoms with van der Waals surface area (Å²) >= 11 is 0. The number of nitrogens with two attached hydrogens (primary N) is 1. The molecule has 0 aliphatic carbocycles. The third-order valence-corrected chi connectivity index (χ3v) is 3.20. The minimum absolute atomic E-state index is 0.00424. The van der Waals surface area contributed by atoms with E-state index in [1.807, 2.05) is 6.92 Å². The minimum atomic E-state index is -0.688. The van der Waals surface area contributed by atoms with E-state index in [9.17, 15) is 14.9 Å². The lowest BCUT2D eigenvalue weighted by molar-refractivity contribution is -0.384. The SMILES string of the molecule is CC1OCCC1Nc1ccc(C(N)=O)cc1[N+](=O)[O-]. The molecule has 1 aromatic carbocycles. The monoisotopic (exact) mass is 265 g/mol. The van der Waals surface area contributed by atoms with Crippen LogP contribution in [-0.4, -0.2) is 29.6 Å². The van der Waals surface area contributed by atoms with Gasteiger partial charge in [-0.15, -0.1) is 0 Å². The van der Waals surface area contributed by atoms with E-state index in [0.717, 1.165) is 6.42 Å². The van der Waals surface area contributed by atoms with Crippen molar-refractivity contribution in [2.75, 3.05) is 11.9 Å². The summed E-state index contributed by atoms with van der Waals surface area (Å²) in [6.45, 7) is 2.54. The van der Waals surface area contributed by atoms with Crippen molar-refractivity contribution in [1.29, 1.82) is 0 Å². The van der Waals surface area contributed by atoms with Crippen molar-refractivity contribution in [2.45, 2.75) is 25.5 Å². The largest absolute Gasteiger partial charge is 0.376 e. The summed E-state index contributed by atoms with van der Waals surface area (Å²) in [6, 6.07) is 4.19. The molecule has 1 aliphatic rings. The molecule has 0 bridgehead atoms. The standard InChI is InChI=1S/C12H15N3O4/c1-7-9(4-5-19-7)14-10-3-2-8(12(13)16)6-11(10)15(17)18/h2-3,6-7,9,14H,4-5H2,1H3,(H2,13,16). The van der Waals surface area contributed by atoms with Crippen LogP contribution < -0.4 is 11.1 Å². The molecule has 1 saturated heterocycles. The van der Waals surface area contributed by atoms with Crippen molar-refractivity contribution < 1.29 is 14.5 Å². The predicted molar refractivity (Wildman–Crippen MR) is 69.1 cm³/mol. The van der Waals surface area contributed by atoms with Gasteiger partial charge in [0.05, 0.1) is 17.1 Å². The number of anilines is 1. The number of primary amides is 1. The van der Waals surface area contributed by atoms with Crippen LogP contribution in [0.25, 0.3) is 0 Å². The first-order chi connectivity index (χ1) is 8.99. The highest BCUT2D eigenvalue weighted by atomic mass is 16.6. The van der Waals surface area contributed by atoms with Crippen molar-refractivity contribution in [2.24, 2.45) is 5.73 Å². The molecular weight excluding hydrogens is 250 g/mol. The number of nitrogens with zero attached hydrogens (tertiary/aromatic N) is 1. The Bertz CT molecular complexity index is 518. The van der Waals surface area contributed by atoms with Crippen LogP contribution in [0.4, 0.5) is 11.4 Å². The van der Waals surface area contributed by atoms with E-state index < -0.39 is 10.8 Å². The maximum Gasteiger partial charge on any atom is 0.293 e. The van der Waals surface area contributed by atoms with Crippen molar-refractivity contribution in [3.05, 3.63) is 33.9 Å². The van der Waals surface area contributed by atoms with Crippen LogP contribution in [0.15, 0.2) is 18.2 Å². The number of nitrogens with one attached hydrogen (secondary N) is 1. The number of amides is 1. The highest BCUT2D eigenvalue weighted by molar-refractivity contribution is 5.94. The van der Waals surface area contributed by atoms with E-state index in [4.69, 9.17) is 10.5 Å². The van der Waals surface area contributed by atoms with Crippen molar-refractivity contribution in [1.82, 2.24) is 0 Å². The summed E-state index contributed by atoms with van der Waals surface area (Å²) in [5, 5.41) is 14.1. The van der Waals surface area contributed by atoms with Crippen molar-refractivity contribution in [3.63, 3.8) is 0 Å². The second-order valence-corrected chi connectivity index (χ2v) is 4.47. The number of hydrogen-bond acceptors (Lipinski definition) is 5. The Morgan fingerprint density at radius 2 is 2.32 bits per heavy atom. The molecule has 7 heteroatoms. The normalized spacial score (nSPS) is 22.2. The zero-order valence-electron chi connectivity index (χ0n) is 10.5. The molecule has 2 atom stereocenters. The molecule has 1 heterocycles. The molecule has 3 N–H and O–H groups in total. The summed E-state index contributed by atoms with van der Waals surface area (Å²) in [5.41, 5.74) is 5.45. The zero-order valence-corrected chi connectivity index (χ0v) is 10.5. The van der Waals surface area contributed by atoms with Crippen LogP contribution in [0.2, 0.25) is 0 Å². The first-order valence-electron chi connectivity index (χ1n) is 5.95. The third kappa shape index (κ3) is 2.82. The summed E-state index contributed by atoms with van der Waals surface area (Å²) in [4.78, 5) is 21.5. The highest BCUT2D eigenvalue weighted by Gasteiger charge is 2.26. The van der Waals surface area contributed by atoms with Gasteiger partial charge in [-0.25, -0.2) is 0 Å². The first-order valence-corrected chi connectivity index (χ1v) is 5.95. The Kier molecular flexibility index (Phi) is 3.66. The molecule has 0 radical (unpaired) electrons. The van der Waals surface area contributed by atoms with Crippen molar-refractivity contribution >= 4 is 17.3 Å². The van der Waals surface area contributed by atoms with Gasteiger partial charge in [0, 0.05) is 18.2 Å². The number of carbonyl (C=O) groups excluding carboxylic acids is 1. The van der Waals surface area contributed by atoms with E-state index in [2.05, 4.69) is 5.32 Å². The quantitative estimate of drug-likeness (QED) is 0.629. The van der Waals surface area contributed by atoms with E-state index in [1.54, 1.807) is 0 Å². The van der Waals surface area contributed by atoms with E-state index in [0.29, 0.717) is 12.3 Å². The number of hydrogen-bond donors (Lipinski definition) is 2. The average Bonchev–Trinajstić information content (AvgIpc) is 2.75. The number of rotatable bonds is 4. The minimum Gasteiger partial charge on any atom is -0.376 e. The molecular formula is C12H15N3O4. The topological polar surface area (TPSA) is 107 Å². The molecule has 1 fully saturated rings. The lowest BCUT2D eigenvalue weighted by Crippen LogP contribution is -2.27. The summed E-state index contributed by atoms with van der Waals surface area (Å²) < 4.78 is 5.39. The maximum absolute atomic E-state index is 11.0. The molecule has 1 aliphatic heterocycles. The van der Waals surface area contributed by atoms with E-state index >= 15 is 0 Å². The smallest absolute Gasteiger partial charge is 0.293 e. The Balaban J connectivity index is 2.29. The fraction of sp³-hybridized carbons (Fsp3) is 0.417. The average molecular weight is 265 g/mol.